The molecule has 1 N–H and O–H groups in total. The minimum Gasteiger partial charge on any atom is -0.314 e. The van der Waals surface area contributed by atoms with Crippen molar-refractivity contribution in [2.75, 3.05) is 6.54 Å². The largest absolute Gasteiger partial charge is 0.314 e. The number of fused-ring (bicyclic) bond motifs is 2. The van der Waals surface area contributed by atoms with Crippen molar-refractivity contribution in [3.63, 3.8) is 0 Å². The first-order chi connectivity index (χ1) is 6.07. The van der Waals surface area contributed by atoms with Crippen LogP contribution in [0.15, 0.2) is 0 Å². The molecule has 1 nitrogen and oxygen atoms in total. The van der Waals surface area contributed by atoms with E-state index in [1.165, 1.54) is 12.8 Å². The van der Waals surface area contributed by atoms with E-state index in [-0.39, 0.29) is 0 Å². The number of nitrogens with one attached hydrogen (secondary N) is 1. The van der Waals surface area contributed by atoms with Crippen molar-refractivity contribution < 1.29 is 0 Å². The molecule has 3 fully saturated rings. The van der Waals surface area contributed by atoms with Gasteiger partial charge in [0.25, 0.3) is 0 Å². The summed E-state index contributed by atoms with van der Waals surface area (Å²) in [5, 5.41) is 3.66. The Balaban J connectivity index is 2.08. The van der Waals surface area contributed by atoms with Crippen LogP contribution in [0.4, 0.5) is 0 Å². The van der Waals surface area contributed by atoms with Gasteiger partial charge >= 0.3 is 0 Å². The molecule has 0 amide bonds. The van der Waals surface area contributed by atoms with E-state index in [0.29, 0.717) is 5.41 Å². The second-order valence-electron chi connectivity index (χ2n) is 5.65. The van der Waals surface area contributed by atoms with Gasteiger partial charge in [0.15, 0.2) is 0 Å². The van der Waals surface area contributed by atoms with Crippen molar-refractivity contribution >= 4 is 0 Å². The second-order valence-corrected chi connectivity index (χ2v) is 5.65. The van der Waals surface area contributed by atoms with Gasteiger partial charge in [-0.15, -0.1) is 0 Å². The summed E-state index contributed by atoms with van der Waals surface area (Å²) in [7, 11) is 0. The summed E-state index contributed by atoms with van der Waals surface area (Å²) in [6.07, 6.45) is 2.89. The van der Waals surface area contributed by atoms with Crippen LogP contribution in [0.25, 0.3) is 0 Å². The van der Waals surface area contributed by atoms with Crippen molar-refractivity contribution in [1.29, 1.82) is 0 Å². The molecule has 0 unspecified atom stereocenters. The Bertz CT molecular complexity index is 197. The van der Waals surface area contributed by atoms with E-state index in [1.807, 2.05) is 0 Å². The van der Waals surface area contributed by atoms with Crippen molar-refractivity contribution in [3.8, 4) is 0 Å². The minimum absolute atomic E-state index is 0.616. The molecule has 0 aromatic carbocycles. The molecule has 0 heterocycles. The van der Waals surface area contributed by atoms with E-state index < -0.39 is 0 Å². The molecular formula is C12H23N. The van der Waals surface area contributed by atoms with Gasteiger partial charge in [-0.1, -0.05) is 27.7 Å². The number of rotatable bonds is 2. The fourth-order valence-electron chi connectivity index (χ4n) is 3.86. The van der Waals surface area contributed by atoms with Gasteiger partial charge in [0, 0.05) is 6.04 Å². The Morgan fingerprint density at radius 2 is 1.92 bits per heavy atom. The topological polar surface area (TPSA) is 12.0 Å². The first-order valence-corrected chi connectivity index (χ1v) is 5.80. The lowest BCUT2D eigenvalue weighted by molar-refractivity contribution is -0.119. The Labute approximate surface area is 82.3 Å². The summed E-state index contributed by atoms with van der Waals surface area (Å²) in [4.78, 5) is 0. The maximum absolute atomic E-state index is 3.66. The number of hydrogen-bond donors (Lipinski definition) is 1. The van der Waals surface area contributed by atoms with E-state index in [2.05, 4.69) is 33.0 Å². The zero-order valence-corrected chi connectivity index (χ0v) is 9.43. The van der Waals surface area contributed by atoms with Gasteiger partial charge in [0.2, 0.25) is 0 Å². The van der Waals surface area contributed by atoms with Crippen LogP contribution in [0.1, 0.15) is 40.5 Å². The molecule has 0 aliphatic heterocycles. The summed E-state index contributed by atoms with van der Waals surface area (Å²) in [6, 6.07) is 0.806. The van der Waals surface area contributed by atoms with Gasteiger partial charge in [-0.25, -0.2) is 0 Å². The normalized spacial score (nSPS) is 47.1. The molecule has 3 aliphatic carbocycles. The molecule has 0 radical (unpaired) electrons. The minimum atomic E-state index is 0.616. The lowest BCUT2D eigenvalue weighted by atomic mass is 9.44. The highest BCUT2D eigenvalue weighted by molar-refractivity contribution is 5.07. The van der Waals surface area contributed by atoms with Gasteiger partial charge < -0.3 is 5.32 Å². The van der Waals surface area contributed by atoms with Crippen LogP contribution in [0.2, 0.25) is 0 Å². The third-order valence-corrected chi connectivity index (χ3v) is 4.68. The maximum Gasteiger partial charge on any atom is 0.0103 e. The quantitative estimate of drug-likeness (QED) is 0.690. The van der Waals surface area contributed by atoms with Crippen LogP contribution in [0.3, 0.4) is 0 Å². The summed E-state index contributed by atoms with van der Waals surface area (Å²) < 4.78 is 0. The van der Waals surface area contributed by atoms with Crippen LogP contribution >= 0.6 is 0 Å². The highest BCUT2D eigenvalue weighted by Gasteiger charge is 2.56. The molecule has 3 saturated carbocycles. The standard InChI is InChI=1S/C12H23N/c1-5-13-11-6-8(2)9-7-10(11)12(9,3)4/h8-11,13H,5-7H2,1-4H3/t8-,9+,10-,11-/m1/s1. The van der Waals surface area contributed by atoms with Crippen molar-refractivity contribution in [2.45, 2.75) is 46.6 Å². The van der Waals surface area contributed by atoms with Crippen LogP contribution < -0.4 is 5.32 Å². The Kier molecular flexibility index (Phi) is 2.18. The summed E-state index contributed by atoms with van der Waals surface area (Å²) in [5.41, 5.74) is 0.616. The fraction of sp³-hybridized carbons (Fsp3) is 1.00. The molecule has 2 bridgehead atoms. The van der Waals surface area contributed by atoms with E-state index in [9.17, 15) is 0 Å². The lowest BCUT2D eigenvalue weighted by Crippen LogP contribution is -2.61. The Morgan fingerprint density at radius 1 is 1.23 bits per heavy atom. The average Bonchev–Trinajstić information content (AvgIpc) is 2.03. The van der Waals surface area contributed by atoms with Crippen molar-refractivity contribution in [2.24, 2.45) is 23.2 Å². The highest BCUT2D eigenvalue weighted by Crippen LogP contribution is 2.61. The molecule has 0 saturated heterocycles. The monoisotopic (exact) mass is 181 g/mol. The second kappa shape index (κ2) is 2.98. The third-order valence-electron chi connectivity index (χ3n) is 4.68. The third kappa shape index (κ3) is 1.24. The zero-order valence-electron chi connectivity index (χ0n) is 9.43. The summed E-state index contributed by atoms with van der Waals surface area (Å²) in [5.74, 6) is 2.89. The molecule has 0 aromatic rings. The van der Waals surface area contributed by atoms with Gasteiger partial charge in [-0.3, -0.25) is 0 Å². The molecule has 3 aliphatic rings. The molecular weight excluding hydrogens is 158 g/mol. The van der Waals surface area contributed by atoms with Crippen LogP contribution in [0.5, 0.6) is 0 Å². The van der Waals surface area contributed by atoms with Crippen molar-refractivity contribution in [3.05, 3.63) is 0 Å². The predicted octanol–water partition coefficient (Wildman–Crippen LogP) is 2.67. The first-order valence-electron chi connectivity index (χ1n) is 5.80. The van der Waals surface area contributed by atoms with Gasteiger partial charge in [-0.2, -0.15) is 0 Å². The first kappa shape index (κ1) is 9.51. The number of hydrogen-bond acceptors (Lipinski definition) is 1. The molecule has 0 spiro atoms. The van der Waals surface area contributed by atoms with E-state index in [0.717, 1.165) is 30.3 Å². The smallest absolute Gasteiger partial charge is 0.0103 e. The van der Waals surface area contributed by atoms with Gasteiger partial charge in [0.1, 0.15) is 0 Å². The lowest BCUT2D eigenvalue weighted by Gasteiger charge is -2.63. The summed E-state index contributed by atoms with van der Waals surface area (Å²) in [6.45, 7) is 10.7. The Hall–Kier alpha value is -0.0400. The van der Waals surface area contributed by atoms with Gasteiger partial charge in [-0.05, 0) is 42.6 Å². The predicted molar refractivity (Wildman–Crippen MR) is 56.6 cm³/mol. The molecule has 13 heavy (non-hydrogen) atoms. The van der Waals surface area contributed by atoms with Crippen LogP contribution in [-0.4, -0.2) is 12.6 Å². The van der Waals surface area contributed by atoms with E-state index in [1.54, 1.807) is 0 Å². The maximum atomic E-state index is 3.66. The van der Waals surface area contributed by atoms with Crippen molar-refractivity contribution in [1.82, 2.24) is 5.32 Å². The van der Waals surface area contributed by atoms with E-state index >= 15 is 0 Å². The zero-order chi connectivity index (χ0) is 9.64. The fourth-order valence-corrected chi connectivity index (χ4v) is 3.86. The highest BCUT2D eigenvalue weighted by atomic mass is 14.9. The molecule has 1 heteroatoms. The average molecular weight is 181 g/mol. The molecule has 3 rings (SSSR count). The molecule has 76 valence electrons. The molecule has 4 atom stereocenters. The molecule has 0 aromatic heterocycles. The Morgan fingerprint density at radius 3 is 2.38 bits per heavy atom. The van der Waals surface area contributed by atoms with E-state index in [4.69, 9.17) is 0 Å². The summed E-state index contributed by atoms with van der Waals surface area (Å²) >= 11 is 0. The van der Waals surface area contributed by atoms with Gasteiger partial charge in [0.05, 0.1) is 0 Å². The SMILES string of the molecule is CCN[C@@H]1C[C@@H](C)[C@@H]2C[C@H]1C2(C)C. The van der Waals surface area contributed by atoms with Crippen LogP contribution in [0, 0.1) is 23.2 Å². The van der Waals surface area contributed by atoms with Crippen LogP contribution in [-0.2, 0) is 0 Å².